The van der Waals surface area contributed by atoms with Crippen molar-refractivity contribution < 1.29 is 14.6 Å². The number of anilines is 1. The second-order valence-electron chi connectivity index (χ2n) is 5.93. The average molecular weight is 312 g/mol. The minimum atomic E-state index is -0.881. The first-order chi connectivity index (χ1) is 9.95. The molecule has 1 aromatic heterocycles. The summed E-state index contributed by atoms with van der Waals surface area (Å²) < 4.78 is 5.19. The van der Waals surface area contributed by atoms with Crippen molar-refractivity contribution in [2.75, 3.05) is 25.2 Å². The van der Waals surface area contributed by atoms with Gasteiger partial charge in [0.1, 0.15) is 4.88 Å². The molecule has 1 fully saturated rings. The van der Waals surface area contributed by atoms with Gasteiger partial charge in [-0.3, -0.25) is 0 Å². The zero-order valence-electron chi connectivity index (χ0n) is 13.1. The number of carboxylic acid groups (broad SMARTS) is 1. The smallest absolute Gasteiger partial charge is 0.347 e. The molecule has 1 aromatic rings. The predicted octanol–water partition coefficient (Wildman–Crippen LogP) is 3.22. The van der Waals surface area contributed by atoms with Crippen molar-refractivity contribution in [3.8, 4) is 0 Å². The van der Waals surface area contributed by atoms with Crippen molar-refractivity contribution >= 4 is 22.4 Å². The van der Waals surface area contributed by atoms with Gasteiger partial charge in [-0.15, -0.1) is 0 Å². The van der Waals surface area contributed by atoms with E-state index in [1.165, 1.54) is 24.2 Å². The minimum absolute atomic E-state index is 0.113. The van der Waals surface area contributed by atoms with E-state index in [1.807, 2.05) is 13.8 Å². The van der Waals surface area contributed by atoms with E-state index in [9.17, 15) is 9.90 Å². The fourth-order valence-corrected chi connectivity index (χ4v) is 3.66. The molecule has 1 aliphatic carbocycles. The summed E-state index contributed by atoms with van der Waals surface area (Å²) in [5, 5.41) is 10.2. The molecular formula is C15H24N2O3S. The van der Waals surface area contributed by atoms with Gasteiger partial charge in [0, 0.05) is 19.7 Å². The van der Waals surface area contributed by atoms with Gasteiger partial charge in [-0.2, -0.15) is 0 Å². The lowest BCUT2D eigenvalue weighted by atomic mass is 10.1. The maximum Gasteiger partial charge on any atom is 0.347 e. The SMILES string of the molecule is COCCN(c1nc(C(C)C)c(C(=O)O)s1)C(C)C1CC1. The Morgan fingerprint density at radius 1 is 1.48 bits per heavy atom. The summed E-state index contributed by atoms with van der Waals surface area (Å²) in [6, 6.07) is 0.382. The van der Waals surface area contributed by atoms with Crippen LogP contribution in [-0.2, 0) is 4.74 Å². The number of hydrogen-bond donors (Lipinski definition) is 1. The number of methoxy groups -OCH3 is 1. The van der Waals surface area contributed by atoms with Crippen LogP contribution < -0.4 is 4.90 Å². The third kappa shape index (κ3) is 3.74. The number of hydrogen-bond acceptors (Lipinski definition) is 5. The normalized spacial score (nSPS) is 16.2. The van der Waals surface area contributed by atoms with Crippen molar-refractivity contribution in [2.24, 2.45) is 5.92 Å². The maximum absolute atomic E-state index is 11.4. The van der Waals surface area contributed by atoms with Crippen LogP contribution in [0, 0.1) is 5.92 Å². The van der Waals surface area contributed by atoms with E-state index in [2.05, 4.69) is 16.8 Å². The molecule has 1 heterocycles. The lowest BCUT2D eigenvalue weighted by molar-refractivity contribution is 0.0700. The number of ether oxygens (including phenoxy) is 1. The van der Waals surface area contributed by atoms with Gasteiger partial charge in [0.15, 0.2) is 5.13 Å². The van der Waals surface area contributed by atoms with Gasteiger partial charge >= 0.3 is 5.97 Å². The molecule has 21 heavy (non-hydrogen) atoms. The molecular weight excluding hydrogens is 288 g/mol. The van der Waals surface area contributed by atoms with Gasteiger partial charge in [0.25, 0.3) is 0 Å². The van der Waals surface area contributed by atoms with Gasteiger partial charge in [-0.05, 0) is 31.6 Å². The highest BCUT2D eigenvalue weighted by Crippen LogP contribution is 2.39. The van der Waals surface area contributed by atoms with Crippen LogP contribution in [0.5, 0.6) is 0 Å². The van der Waals surface area contributed by atoms with Gasteiger partial charge in [0.05, 0.1) is 12.3 Å². The van der Waals surface area contributed by atoms with E-state index in [-0.39, 0.29) is 5.92 Å². The van der Waals surface area contributed by atoms with Crippen molar-refractivity contribution in [1.82, 2.24) is 4.98 Å². The summed E-state index contributed by atoms with van der Waals surface area (Å²) in [4.78, 5) is 18.6. The molecule has 0 bridgehead atoms. The third-order valence-corrected chi connectivity index (χ3v) is 5.06. The van der Waals surface area contributed by atoms with Gasteiger partial charge < -0.3 is 14.7 Å². The molecule has 0 radical (unpaired) electrons. The molecule has 0 saturated heterocycles. The number of thiazole rings is 1. The fraction of sp³-hybridized carbons (Fsp3) is 0.733. The Kier molecular flexibility index (Phi) is 5.22. The van der Waals surface area contributed by atoms with Gasteiger partial charge in [-0.1, -0.05) is 25.2 Å². The summed E-state index contributed by atoms with van der Waals surface area (Å²) in [5.74, 6) is -0.0728. The molecule has 1 aliphatic rings. The maximum atomic E-state index is 11.4. The highest BCUT2D eigenvalue weighted by atomic mass is 32.1. The Balaban J connectivity index is 2.30. The Hall–Kier alpha value is -1.14. The summed E-state index contributed by atoms with van der Waals surface area (Å²) in [6.07, 6.45) is 2.50. The van der Waals surface area contributed by atoms with Gasteiger partial charge in [0.2, 0.25) is 0 Å². The lowest BCUT2D eigenvalue weighted by Crippen LogP contribution is -2.37. The van der Waals surface area contributed by atoms with Crippen LogP contribution in [0.2, 0.25) is 0 Å². The fourth-order valence-electron chi connectivity index (χ4n) is 2.48. The topological polar surface area (TPSA) is 62.7 Å². The largest absolute Gasteiger partial charge is 0.477 e. The summed E-state index contributed by atoms with van der Waals surface area (Å²) in [7, 11) is 1.68. The molecule has 1 N–H and O–H groups in total. The predicted molar refractivity (Wildman–Crippen MR) is 84.6 cm³/mol. The first kappa shape index (κ1) is 16.2. The average Bonchev–Trinajstić information content (AvgIpc) is 3.17. The summed E-state index contributed by atoms with van der Waals surface area (Å²) >= 11 is 1.29. The van der Waals surface area contributed by atoms with E-state index in [4.69, 9.17) is 4.74 Å². The molecule has 0 amide bonds. The molecule has 1 saturated carbocycles. The monoisotopic (exact) mass is 312 g/mol. The molecule has 0 aromatic carbocycles. The highest BCUT2D eigenvalue weighted by Gasteiger charge is 2.34. The Morgan fingerprint density at radius 3 is 2.57 bits per heavy atom. The van der Waals surface area contributed by atoms with E-state index < -0.39 is 5.97 Å². The number of aromatic carboxylic acids is 1. The summed E-state index contributed by atoms with van der Waals surface area (Å²) in [6.45, 7) is 7.53. The van der Waals surface area contributed by atoms with Crippen LogP contribution in [0.15, 0.2) is 0 Å². The first-order valence-electron chi connectivity index (χ1n) is 7.45. The van der Waals surface area contributed by atoms with E-state index in [1.54, 1.807) is 7.11 Å². The first-order valence-corrected chi connectivity index (χ1v) is 8.27. The van der Waals surface area contributed by atoms with Crippen molar-refractivity contribution in [1.29, 1.82) is 0 Å². The Morgan fingerprint density at radius 2 is 2.14 bits per heavy atom. The lowest BCUT2D eigenvalue weighted by Gasteiger charge is -2.28. The molecule has 0 spiro atoms. The molecule has 5 nitrogen and oxygen atoms in total. The van der Waals surface area contributed by atoms with E-state index in [0.717, 1.165) is 11.7 Å². The second-order valence-corrected chi connectivity index (χ2v) is 6.91. The van der Waals surface area contributed by atoms with Crippen LogP contribution in [0.3, 0.4) is 0 Å². The number of rotatable bonds is 8. The van der Waals surface area contributed by atoms with E-state index in [0.29, 0.717) is 29.1 Å². The standard InChI is InChI=1S/C15H24N2O3S/c1-9(2)12-13(14(18)19)21-15(16-12)17(7-8-20-4)10(3)11-5-6-11/h9-11H,5-8H2,1-4H3,(H,18,19). The number of nitrogens with zero attached hydrogens (tertiary/aromatic N) is 2. The summed E-state index contributed by atoms with van der Waals surface area (Å²) in [5.41, 5.74) is 0.688. The second kappa shape index (κ2) is 6.75. The molecule has 1 atom stereocenters. The van der Waals surface area contributed by atoms with Gasteiger partial charge in [-0.25, -0.2) is 9.78 Å². The Bertz CT molecular complexity index is 497. The molecule has 118 valence electrons. The Labute approximate surface area is 129 Å². The molecule has 2 rings (SSSR count). The zero-order valence-corrected chi connectivity index (χ0v) is 13.9. The third-order valence-electron chi connectivity index (χ3n) is 3.96. The van der Waals surface area contributed by atoms with Crippen molar-refractivity contribution in [3.63, 3.8) is 0 Å². The number of carbonyl (C=O) groups is 1. The van der Waals surface area contributed by atoms with Crippen LogP contribution >= 0.6 is 11.3 Å². The quantitative estimate of drug-likeness (QED) is 0.798. The number of aromatic nitrogens is 1. The highest BCUT2D eigenvalue weighted by molar-refractivity contribution is 7.17. The molecule has 0 aliphatic heterocycles. The van der Waals surface area contributed by atoms with Crippen LogP contribution in [-0.4, -0.2) is 42.4 Å². The van der Waals surface area contributed by atoms with Crippen LogP contribution in [0.1, 0.15) is 54.9 Å². The zero-order chi connectivity index (χ0) is 15.6. The van der Waals surface area contributed by atoms with Crippen molar-refractivity contribution in [2.45, 2.75) is 45.6 Å². The molecule has 6 heteroatoms. The minimum Gasteiger partial charge on any atom is -0.477 e. The van der Waals surface area contributed by atoms with Crippen molar-refractivity contribution in [3.05, 3.63) is 10.6 Å². The number of carboxylic acids is 1. The van der Waals surface area contributed by atoms with Crippen LogP contribution in [0.25, 0.3) is 0 Å². The van der Waals surface area contributed by atoms with Crippen LogP contribution in [0.4, 0.5) is 5.13 Å². The molecule has 1 unspecified atom stereocenters. The van der Waals surface area contributed by atoms with E-state index >= 15 is 0 Å².